The first kappa shape index (κ1) is 14.6. The Morgan fingerprint density at radius 1 is 1.24 bits per heavy atom. The molecule has 0 aromatic carbocycles. The number of hydrogen-bond donors (Lipinski definition) is 2. The van der Waals surface area contributed by atoms with Gasteiger partial charge in [-0.1, -0.05) is 7.43 Å². The summed E-state index contributed by atoms with van der Waals surface area (Å²) in [5.74, 6) is -1.21. The van der Waals surface area contributed by atoms with Crippen LogP contribution in [-0.2, 0) is 10.4 Å². The molecule has 0 saturated heterocycles. The maximum Gasteiger partial charge on any atom is 0.448 e. The van der Waals surface area contributed by atoms with Gasteiger partial charge in [0, 0.05) is 0 Å². The molecule has 0 aliphatic heterocycles. The van der Waals surface area contributed by atoms with E-state index in [1.54, 1.807) is 6.07 Å². The van der Waals surface area contributed by atoms with Gasteiger partial charge < -0.3 is 9.92 Å². The molecule has 90 valence electrons. The summed E-state index contributed by atoms with van der Waals surface area (Å²) in [4.78, 5) is 6.69. The van der Waals surface area contributed by atoms with Crippen molar-refractivity contribution in [3.8, 4) is 18.0 Å². The molecule has 0 unspecified atom stereocenters. The number of aromatic nitrogens is 2. The highest BCUT2D eigenvalue weighted by atomic mass is 32.3. The van der Waals surface area contributed by atoms with E-state index in [0.29, 0.717) is 0 Å². The Bertz CT molecular complexity index is 612. The smallest absolute Gasteiger partial charge is 0.381 e. The van der Waals surface area contributed by atoms with Crippen LogP contribution in [0, 0.1) is 22.7 Å². The molecule has 0 bridgehead atoms. The Labute approximate surface area is 97.0 Å². The Morgan fingerprint density at radius 3 is 2.18 bits per heavy atom. The summed E-state index contributed by atoms with van der Waals surface area (Å²) in [6.45, 7) is 0. The second-order valence-corrected chi connectivity index (χ2v) is 3.37. The number of nitrogen functional groups attached to an aromatic ring is 1. The van der Waals surface area contributed by atoms with Crippen LogP contribution in [0.2, 0.25) is 0 Å². The van der Waals surface area contributed by atoms with Gasteiger partial charge in [-0.25, -0.2) is 4.98 Å². The van der Waals surface area contributed by atoms with Crippen molar-refractivity contribution in [3.63, 3.8) is 0 Å². The molecule has 0 fully saturated rings. The summed E-state index contributed by atoms with van der Waals surface area (Å²) in [6, 6.07) is 2.98. The quantitative estimate of drug-likeness (QED) is 0.671. The van der Waals surface area contributed by atoms with Crippen molar-refractivity contribution < 1.29 is 17.2 Å². The maximum absolute atomic E-state index is 10.4. The van der Waals surface area contributed by atoms with E-state index in [4.69, 9.17) is 20.8 Å². The topological polar surface area (TPSA) is 163 Å². The first-order chi connectivity index (χ1) is 7.37. The number of nitrogens with zero attached hydrogens (tertiary/aromatic N) is 4. The molecule has 0 atom stereocenters. The predicted molar refractivity (Wildman–Crippen MR) is 54.8 cm³/mol. The Kier molecular flexibility index (Phi) is 4.34. The first-order valence-electron chi connectivity index (χ1n) is 3.52. The van der Waals surface area contributed by atoms with Gasteiger partial charge in [-0.2, -0.15) is 23.9 Å². The van der Waals surface area contributed by atoms with Gasteiger partial charge in [0.25, 0.3) is 5.88 Å². The lowest BCUT2D eigenvalue weighted by atomic mass is 10.4. The van der Waals surface area contributed by atoms with Gasteiger partial charge in [0.05, 0.1) is 0 Å². The van der Waals surface area contributed by atoms with Crippen molar-refractivity contribution in [1.29, 1.82) is 10.5 Å². The standard InChI is InChI=1S/C6H3N5O4S.CH4/c7-1-3-5(9)11-6(4(2-8)10-3)15-16(12,13)14;/h(H2,9,11)(H,12,13,14);1H4. The number of nitrogens with two attached hydrogens (primary N) is 1. The van der Waals surface area contributed by atoms with Crippen LogP contribution in [0.25, 0.3) is 0 Å². The van der Waals surface area contributed by atoms with Crippen LogP contribution >= 0.6 is 0 Å². The molecule has 1 aromatic heterocycles. The van der Waals surface area contributed by atoms with Gasteiger partial charge in [0.1, 0.15) is 12.1 Å². The molecule has 1 aromatic rings. The van der Waals surface area contributed by atoms with Gasteiger partial charge in [-0.05, 0) is 0 Å². The molecule has 1 rings (SSSR count). The molecule has 0 aliphatic carbocycles. The van der Waals surface area contributed by atoms with Crippen LogP contribution in [0.5, 0.6) is 5.88 Å². The zero-order valence-corrected chi connectivity index (χ0v) is 8.26. The third kappa shape index (κ3) is 3.57. The molecule has 0 saturated carbocycles. The van der Waals surface area contributed by atoms with Crippen LogP contribution in [-0.4, -0.2) is 22.9 Å². The molecule has 0 amide bonds. The van der Waals surface area contributed by atoms with Crippen LogP contribution in [0.4, 0.5) is 5.82 Å². The van der Waals surface area contributed by atoms with Crippen LogP contribution in [0.3, 0.4) is 0 Å². The van der Waals surface area contributed by atoms with Crippen LogP contribution in [0.15, 0.2) is 0 Å². The highest BCUT2D eigenvalue weighted by Crippen LogP contribution is 2.17. The van der Waals surface area contributed by atoms with Crippen LogP contribution < -0.4 is 9.92 Å². The van der Waals surface area contributed by atoms with E-state index in [1.165, 1.54) is 6.07 Å². The largest absolute Gasteiger partial charge is 0.448 e. The average Bonchev–Trinajstić information content (AvgIpc) is 2.16. The molecule has 1 heterocycles. The fourth-order valence-corrected chi connectivity index (χ4v) is 1.06. The summed E-state index contributed by atoms with van der Waals surface area (Å²) in [5, 5.41) is 17.1. The van der Waals surface area contributed by atoms with E-state index in [1.807, 2.05) is 0 Å². The zero-order valence-electron chi connectivity index (χ0n) is 7.45. The fraction of sp³-hybridized carbons (Fsp3) is 0.143. The van der Waals surface area contributed by atoms with Crippen molar-refractivity contribution in [1.82, 2.24) is 9.97 Å². The van der Waals surface area contributed by atoms with Gasteiger partial charge in [0.15, 0.2) is 11.5 Å². The maximum atomic E-state index is 10.4. The van der Waals surface area contributed by atoms with E-state index in [2.05, 4.69) is 14.2 Å². The minimum atomic E-state index is -4.84. The Hall–Kier alpha value is -2.43. The predicted octanol–water partition coefficient (Wildman–Crippen LogP) is -0.380. The minimum Gasteiger partial charge on any atom is -0.381 e. The number of anilines is 1. The van der Waals surface area contributed by atoms with Crippen molar-refractivity contribution in [3.05, 3.63) is 11.4 Å². The molecule has 0 aliphatic rings. The second-order valence-electron chi connectivity index (χ2n) is 2.35. The number of rotatable bonds is 2. The minimum absolute atomic E-state index is 0. The van der Waals surface area contributed by atoms with Gasteiger partial charge in [-0.3, -0.25) is 4.55 Å². The number of nitriles is 2. The zero-order chi connectivity index (χ0) is 12.3. The molecular formula is C7H7N5O4S. The normalized spacial score (nSPS) is 9.59. The molecule has 0 spiro atoms. The van der Waals surface area contributed by atoms with E-state index in [0.717, 1.165) is 0 Å². The van der Waals surface area contributed by atoms with E-state index in [9.17, 15) is 8.42 Å². The monoisotopic (exact) mass is 257 g/mol. The molecule has 3 N–H and O–H groups in total. The third-order valence-electron chi connectivity index (χ3n) is 1.29. The van der Waals surface area contributed by atoms with Crippen molar-refractivity contribution in [2.75, 3.05) is 5.73 Å². The fourth-order valence-electron chi connectivity index (χ4n) is 0.745. The average molecular weight is 257 g/mol. The molecule has 17 heavy (non-hydrogen) atoms. The first-order valence-corrected chi connectivity index (χ1v) is 4.88. The van der Waals surface area contributed by atoms with Crippen LogP contribution in [0.1, 0.15) is 18.8 Å². The van der Waals surface area contributed by atoms with Crippen molar-refractivity contribution in [2.24, 2.45) is 0 Å². The molecule has 9 nitrogen and oxygen atoms in total. The van der Waals surface area contributed by atoms with E-state index < -0.39 is 27.8 Å². The lowest BCUT2D eigenvalue weighted by Crippen LogP contribution is -2.12. The summed E-state index contributed by atoms with van der Waals surface area (Å²) in [6.07, 6.45) is 0. The van der Waals surface area contributed by atoms with E-state index in [-0.39, 0.29) is 13.1 Å². The Balaban J connectivity index is 0.00000256. The van der Waals surface area contributed by atoms with E-state index >= 15 is 0 Å². The number of hydrogen-bond acceptors (Lipinski definition) is 8. The van der Waals surface area contributed by atoms with Gasteiger partial charge in [-0.15, -0.1) is 0 Å². The van der Waals surface area contributed by atoms with Crippen molar-refractivity contribution in [2.45, 2.75) is 7.43 Å². The molecule has 0 radical (unpaired) electrons. The summed E-state index contributed by atoms with van der Waals surface area (Å²) >= 11 is 0. The lowest BCUT2D eigenvalue weighted by Gasteiger charge is -2.03. The second kappa shape index (κ2) is 5.07. The Morgan fingerprint density at radius 2 is 1.76 bits per heavy atom. The third-order valence-corrected chi connectivity index (χ3v) is 1.66. The summed E-state index contributed by atoms with van der Waals surface area (Å²) < 4.78 is 33.1. The summed E-state index contributed by atoms with van der Waals surface area (Å²) in [5.41, 5.74) is 4.28. The highest BCUT2D eigenvalue weighted by Gasteiger charge is 2.17. The molecule has 10 heteroatoms. The lowest BCUT2D eigenvalue weighted by molar-refractivity contribution is 0.380. The molecular weight excluding hydrogens is 250 g/mol. The summed E-state index contributed by atoms with van der Waals surface area (Å²) in [7, 11) is -4.84. The van der Waals surface area contributed by atoms with Gasteiger partial charge in [0.2, 0.25) is 5.69 Å². The van der Waals surface area contributed by atoms with Crippen molar-refractivity contribution >= 4 is 16.2 Å². The highest BCUT2D eigenvalue weighted by molar-refractivity contribution is 7.81. The SMILES string of the molecule is C.N#Cc1nc(C#N)c(OS(=O)(=O)O)nc1N. The van der Waals surface area contributed by atoms with Gasteiger partial charge >= 0.3 is 10.4 Å².